The highest BCUT2D eigenvalue weighted by Crippen LogP contribution is 2.22. The Morgan fingerprint density at radius 1 is 1.09 bits per heavy atom. The normalized spacial score (nSPS) is 13.2. The quantitative estimate of drug-likeness (QED) is 0.845. The molecule has 1 N–H and O–H groups in total. The van der Waals surface area contributed by atoms with Crippen molar-refractivity contribution in [2.45, 2.75) is 30.8 Å². The van der Waals surface area contributed by atoms with Crippen molar-refractivity contribution >= 4 is 10.0 Å². The van der Waals surface area contributed by atoms with Gasteiger partial charge in [-0.25, -0.2) is 12.8 Å². The zero-order chi connectivity index (χ0) is 16.9. The molecule has 0 bridgehead atoms. The van der Waals surface area contributed by atoms with Gasteiger partial charge in [-0.15, -0.1) is 0 Å². The van der Waals surface area contributed by atoms with Crippen LogP contribution in [0.4, 0.5) is 4.39 Å². The number of halogens is 1. The second-order valence-electron chi connectivity index (χ2n) is 5.35. The van der Waals surface area contributed by atoms with Crippen LogP contribution < -0.4 is 0 Å². The molecule has 1 unspecified atom stereocenters. The smallest absolute Gasteiger partial charge is 0.243 e. The first kappa shape index (κ1) is 17.6. The maximum Gasteiger partial charge on any atom is 0.243 e. The van der Waals surface area contributed by atoms with Crippen LogP contribution in [0.5, 0.6) is 0 Å². The monoisotopic (exact) mass is 337 g/mol. The Kier molecular flexibility index (Phi) is 5.87. The third kappa shape index (κ3) is 4.37. The van der Waals surface area contributed by atoms with Gasteiger partial charge in [0.25, 0.3) is 0 Å². The maximum absolute atomic E-state index is 13.1. The van der Waals surface area contributed by atoms with E-state index >= 15 is 0 Å². The van der Waals surface area contributed by atoms with Crippen LogP contribution in [0.1, 0.15) is 18.9 Å². The van der Waals surface area contributed by atoms with E-state index in [0.29, 0.717) is 6.42 Å². The lowest BCUT2D eigenvalue weighted by Crippen LogP contribution is -2.38. The van der Waals surface area contributed by atoms with E-state index in [-0.39, 0.29) is 24.1 Å². The summed E-state index contributed by atoms with van der Waals surface area (Å²) in [6.45, 7) is 1.84. The van der Waals surface area contributed by atoms with Crippen molar-refractivity contribution in [1.29, 1.82) is 0 Å². The van der Waals surface area contributed by atoms with Gasteiger partial charge in [0.05, 0.1) is 4.90 Å². The molecule has 0 aromatic heterocycles. The second kappa shape index (κ2) is 7.68. The summed E-state index contributed by atoms with van der Waals surface area (Å²) in [6.07, 6.45) is 0.327. The molecule has 0 heterocycles. The van der Waals surface area contributed by atoms with Crippen LogP contribution in [0.25, 0.3) is 0 Å². The number of nitrogens with zero attached hydrogens (tertiary/aromatic N) is 1. The van der Waals surface area contributed by atoms with Crippen LogP contribution in [-0.4, -0.2) is 30.5 Å². The Morgan fingerprint density at radius 3 is 2.26 bits per heavy atom. The topological polar surface area (TPSA) is 57.6 Å². The van der Waals surface area contributed by atoms with Gasteiger partial charge < -0.3 is 5.11 Å². The summed E-state index contributed by atoms with van der Waals surface area (Å²) >= 11 is 0. The number of benzene rings is 2. The number of aliphatic hydroxyl groups excluding tert-OH is 1. The predicted molar refractivity (Wildman–Crippen MR) is 86.7 cm³/mol. The van der Waals surface area contributed by atoms with E-state index in [0.717, 1.165) is 17.7 Å². The third-order valence-electron chi connectivity index (χ3n) is 3.64. The molecule has 2 aromatic rings. The molecule has 1 atom stereocenters. The molecule has 2 rings (SSSR count). The maximum atomic E-state index is 13.1. The average Bonchev–Trinajstić information content (AvgIpc) is 2.54. The summed E-state index contributed by atoms with van der Waals surface area (Å²) in [5, 5.41) is 9.15. The number of rotatable bonds is 7. The second-order valence-corrected chi connectivity index (χ2v) is 7.24. The van der Waals surface area contributed by atoms with E-state index in [4.69, 9.17) is 5.11 Å². The summed E-state index contributed by atoms with van der Waals surface area (Å²) < 4.78 is 40.2. The van der Waals surface area contributed by atoms with Crippen LogP contribution in [0, 0.1) is 5.82 Å². The van der Waals surface area contributed by atoms with Gasteiger partial charge in [-0.05, 0) is 43.2 Å². The van der Waals surface area contributed by atoms with E-state index in [1.54, 1.807) is 6.92 Å². The van der Waals surface area contributed by atoms with Gasteiger partial charge in [-0.1, -0.05) is 30.3 Å². The van der Waals surface area contributed by atoms with Gasteiger partial charge in [0, 0.05) is 19.2 Å². The van der Waals surface area contributed by atoms with Gasteiger partial charge >= 0.3 is 0 Å². The molecule has 0 spiro atoms. The fraction of sp³-hybridized carbons (Fsp3) is 0.294. The van der Waals surface area contributed by atoms with Crippen molar-refractivity contribution < 1.29 is 17.9 Å². The number of aliphatic hydroxyl groups is 1. The number of hydrogen-bond acceptors (Lipinski definition) is 3. The molecule has 23 heavy (non-hydrogen) atoms. The molecule has 4 nitrogen and oxygen atoms in total. The van der Waals surface area contributed by atoms with Crippen LogP contribution in [-0.2, 0) is 16.6 Å². The largest absolute Gasteiger partial charge is 0.396 e. The Labute approximate surface area is 136 Å². The predicted octanol–water partition coefficient (Wildman–Crippen LogP) is 2.79. The van der Waals surface area contributed by atoms with Crippen molar-refractivity contribution in [2.75, 3.05) is 6.61 Å². The Morgan fingerprint density at radius 2 is 1.70 bits per heavy atom. The lowest BCUT2D eigenvalue weighted by atomic mass is 10.2. The molecule has 0 saturated carbocycles. The first-order valence-electron chi connectivity index (χ1n) is 7.37. The summed E-state index contributed by atoms with van der Waals surface area (Å²) in [7, 11) is -3.78. The zero-order valence-electron chi connectivity index (χ0n) is 12.9. The zero-order valence-corrected chi connectivity index (χ0v) is 13.7. The molecule has 0 amide bonds. The molecule has 0 saturated heterocycles. The summed E-state index contributed by atoms with van der Waals surface area (Å²) in [6, 6.07) is 13.6. The molecular weight excluding hydrogens is 317 g/mol. The van der Waals surface area contributed by atoms with Gasteiger partial charge in [0.2, 0.25) is 10.0 Å². The molecule has 0 aliphatic heterocycles. The number of hydrogen-bond donors (Lipinski definition) is 1. The van der Waals surface area contributed by atoms with Crippen LogP contribution in [0.15, 0.2) is 59.5 Å². The van der Waals surface area contributed by atoms with E-state index in [2.05, 4.69) is 0 Å². The highest BCUT2D eigenvalue weighted by molar-refractivity contribution is 7.89. The van der Waals surface area contributed by atoms with Crippen molar-refractivity contribution in [3.05, 3.63) is 66.0 Å². The van der Waals surface area contributed by atoms with E-state index in [1.165, 1.54) is 16.4 Å². The van der Waals surface area contributed by atoms with Crippen molar-refractivity contribution in [3.63, 3.8) is 0 Å². The number of sulfonamides is 1. The molecule has 0 radical (unpaired) electrons. The fourth-order valence-corrected chi connectivity index (χ4v) is 3.96. The standard InChI is InChI=1S/C17H20FNO3S/c1-14(11-12-20)19(13-15-5-3-2-4-6-15)23(21,22)17-9-7-16(18)8-10-17/h2-10,14,20H,11-13H2,1H3. The first-order chi connectivity index (χ1) is 10.9. The Bertz CT molecular complexity index is 717. The van der Waals surface area contributed by atoms with Crippen molar-refractivity contribution in [2.24, 2.45) is 0 Å². The lowest BCUT2D eigenvalue weighted by Gasteiger charge is -2.28. The molecule has 124 valence electrons. The van der Waals surface area contributed by atoms with E-state index in [9.17, 15) is 12.8 Å². The van der Waals surface area contributed by atoms with Gasteiger partial charge in [0.15, 0.2) is 0 Å². The minimum atomic E-state index is -3.78. The summed E-state index contributed by atoms with van der Waals surface area (Å²) in [5.41, 5.74) is 0.850. The molecular formula is C17H20FNO3S. The van der Waals surface area contributed by atoms with Crippen LogP contribution in [0.2, 0.25) is 0 Å². The average molecular weight is 337 g/mol. The van der Waals surface area contributed by atoms with E-state index < -0.39 is 15.8 Å². The van der Waals surface area contributed by atoms with Crippen molar-refractivity contribution in [1.82, 2.24) is 4.31 Å². The minimum absolute atomic E-state index is 0.0413. The highest BCUT2D eigenvalue weighted by Gasteiger charge is 2.29. The van der Waals surface area contributed by atoms with Gasteiger partial charge in [-0.3, -0.25) is 0 Å². The lowest BCUT2D eigenvalue weighted by molar-refractivity contribution is 0.230. The molecule has 0 aliphatic rings. The van der Waals surface area contributed by atoms with E-state index in [1.807, 2.05) is 30.3 Å². The van der Waals surface area contributed by atoms with Crippen LogP contribution in [0.3, 0.4) is 0 Å². The Hall–Kier alpha value is -1.76. The van der Waals surface area contributed by atoms with Crippen LogP contribution >= 0.6 is 0 Å². The van der Waals surface area contributed by atoms with Gasteiger partial charge in [0.1, 0.15) is 5.82 Å². The molecule has 0 fully saturated rings. The van der Waals surface area contributed by atoms with Gasteiger partial charge in [-0.2, -0.15) is 4.31 Å². The SMILES string of the molecule is CC(CCO)N(Cc1ccccc1)S(=O)(=O)c1ccc(F)cc1. The van der Waals surface area contributed by atoms with Crippen molar-refractivity contribution in [3.8, 4) is 0 Å². The summed E-state index contributed by atoms with van der Waals surface area (Å²) in [4.78, 5) is 0.0413. The molecule has 2 aromatic carbocycles. The fourth-order valence-electron chi connectivity index (χ4n) is 2.31. The summed E-state index contributed by atoms with van der Waals surface area (Å²) in [5.74, 6) is -0.484. The minimum Gasteiger partial charge on any atom is -0.396 e. The highest BCUT2D eigenvalue weighted by atomic mass is 32.2. The first-order valence-corrected chi connectivity index (χ1v) is 8.81. The molecule has 0 aliphatic carbocycles. The third-order valence-corrected chi connectivity index (χ3v) is 5.61. The molecule has 6 heteroatoms. The Balaban J connectivity index is 2.37.